The predicted molar refractivity (Wildman–Crippen MR) is 128 cm³/mol. The Morgan fingerprint density at radius 2 is 1.56 bits per heavy atom. The van der Waals surface area contributed by atoms with Gasteiger partial charge < -0.3 is 24.5 Å². The Morgan fingerprint density at radius 3 is 2.38 bits per heavy atom. The van der Waals surface area contributed by atoms with Crippen molar-refractivity contribution in [2.45, 2.75) is 6.54 Å². The Labute approximate surface area is 197 Å². The fraction of sp³-hybridized carbons (Fsp3) is 0.111. The lowest BCUT2D eigenvalue weighted by Gasteiger charge is -2.13. The van der Waals surface area contributed by atoms with Crippen LogP contribution in [0, 0.1) is 0 Å². The zero-order valence-electron chi connectivity index (χ0n) is 18.4. The lowest BCUT2D eigenvalue weighted by Crippen LogP contribution is -2.24. The van der Waals surface area contributed by atoms with Crippen molar-refractivity contribution in [1.82, 2.24) is 5.32 Å². The van der Waals surface area contributed by atoms with Crippen molar-refractivity contribution in [2.24, 2.45) is 0 Å². The van der Waals surface area contributed by atoms with Gasteiger partial charge in [-0.05, 0) is 54.1 Å². The molecule has 0 aliphatic heterocycles. The molecule has 172 valence electrons. The Kier molecular flexibility index (Phi) is 7.58. The van der Waals surface area contributed by atoms with Crippen molar-refractivity contribution in [3.63, 3.8) is 0 Å². The van der Waals surface area contributed by atoms with Crippen molar-refractivity contribution < 1.29 is 23.5 Å². The molecule has 34 heavy (non-hydrogen) atoms. The molecule has 0 aliphatic rings. The second-order valence-corrected chi connectivity index (χ2v) is 7.32. The van der Waals surface area contributed by atoms with Crippen molar-refractivity contribution in [3.05, 3.63) is 114 Å². The molecule has 3 aromatic carbocycles. The van der Waals surface area contributed by atoms with Gasteiger partial charge in [-0.3, -0.25) is 9.59 Å². The lowest BCUT2D eigenvalue weighted by atomic mass is 10.1. The van der Waals surface area contributed by atoms with Crippen LogP contribution in [0.5, 0.6) is 11.5 Å². The van der Waals surface area contributed by atoms with Crippen molar-refractivity contribution >= 4 is 17.5 Å². The number of furan rings is 1. The van der Waals surface area contributed by atoms with Crippen LogP contribution in [-0.2, 0) is 6.54 Å². The monoisotopic (exact) mass is 456 g/mol. The fourth-order valence-electron chi connectivity index (χ4n) is 3.25. The first kappa shape index (κ1) is 22.7. The highest BCUT2D eigenvalue weighted by atomic mass is 16.5. The molecule has 0 fully saturated rings. The summed E-state index contributed by atoms with van der Waals surface area (Å²) < 4.78 is 16.5. The van der Waals surface area contributed by atoms with Crippen molar-refractivity contribution in [3.8, 4) is 11.5 Å². The van der Waals surface area contributed by atoms with Gasteiger partial charge in [0.1, 0.15) is 24.7 Å². The number of hydrogen-bond acceptors (Lipinski definition) is 5. The van der Waals surface area contributed by atoms with Gasteiger partial charge in [0.25, 0.3) is 11.8 Å². The molecule has 7 heteroatoms. The van der Waals surface area contributed by atoms with Gasteiger partial charge in [-0.2, -0.15) is 0 Å². The van der Waals surface area contributed by atoms with E-state index < -0.39 is 0 Å². The Morgan fingerprint density at radius 1 is 0.765 bits per heavy atom. The van der Waals surface area contributed by atoms with Crippen molar-refractivity contribution in [1.29, 1.82) is 0 Å². The van der Waals surface area contributed by atoms with Crippen LogP contribution in [0.3, 0.4) is 0 Å². The van der Waals surface area contributed by atoms with E-state index in [0.717, 1.165) is 11.3 Å². The summed E-state index contributed by atoms with van der Waals surface area (Å²) in [6, 6.07) is 27.0. The average Bonchev–Trinajstić information content (AvgIpc) is 3.42. The second-order valence-electron chi connectivity index (χ2n) is 7.32. The first-order valence-electron chi connectivity index (χ1n) is 10.8. The zero-order chi connectivity index (χ0) is 23.6. The summed E-state index contributed by atoms with van der Waals surface area (Å²) >= 11 is 0. The third kappa shape index (κ3) is 6.26. The third-order valence-corrected chi connectivity index (χ3v) is 4.87. The number of ether oxygens (including phenoxy) is 2. The van der Waals surface area contributed by atoms with E-state index in [2.05, 4.69) is 10.6 Å². The van der Waals surface area contributed by atoms with E-state index in [-0.39, 0.29) is 24.1 Å². The summed E-state index contributed by atoms with van der Waals surface area (Å²) in [7, 11) is 0. The number of anilines is 1. The first-order chi connectivity index (χ1) is 16.7. The fourth-order valence-corrected chi connectivity index (χ4v) is 3.25. The van der Waals surface area contributed by atoms with E-state index in [1.807, 2.05) is 48.5 Å². The molecule has 0 bridgehead atoms. The van der Waals surface area contributed by atoms with Crippen LogP contribution in [0.1, 0.15) is 26.5 Å². The zero-order valence-corrected chi connectivity index (χ0v) is 18.4. The van der Waals surface area contributed by atoms with E-state index in [0.29, 0.717) is 30.2 Å². The molecule has 0 radical (unpaired) electrons. The lowest BCUT2D eigenvalue weighted by molar-refractivity contribution is 0.0944. The molecule has 0 aliphatic carbocycles. The molecular weight excluding hydrogens is 432 g/mol. The molecule has 4 aromatic rings. The first-order valence-corrected chi connectivity index (χ1v) is 10.8. The van der Waals surface area contributed by atoms with Crippen LogP contribution in [0.25, 0.3) is 0 Å². The average molecular weight is 456 g/mol. The minimum atomic E-state index is -0.339. The van der Waals surface area contributed by atoms with Crippen LogP contribution in [0.4, 0.5) is 5.69 Å². The summed E-state index contributed by atoms with van der Waals surface area (Å²) in [6.07, 6.45) is 1.44. The van der Waals surface area contributed by atoms with Crippen LogP contribution < -0.4 is 20.1 Å². The summed E-state index contributed by atoms with van der Waals surface area (Å²) in [5.74, 6) is 0.874. The van der Waals surface area contributed by atoms with E-state index in [1.54, 1.807) is 42.5 Å². The second kappa shape index (κ2) is 11.4. The molecule has 2 amide bonds. The number of nitrogens with one attached hydrogen (secondary N) is 2. The van der Waals surface area contributed by atoms with Gasteiger partial charge in [0.2, 0.25) is 0 Å². The molecule has 1 heterocycles. The molecule has 0 unspecified atom stereocenters. The van der Waals surface area contributed by atoms with Gasteiger partial charge in [0, 0.05) is 12.2 Å². The molecule has 0 saturated heterocycles. The van der Waals surface area contributed by atoms with Gasteiger partial charge in [-0.15, -0.1) is 0 Å². The molecule has 1 aromatic heterocycles. The maximum absolute atomic E-state index is 12.8. The summed E-state index contributed by atoms with van der Waals surface area (Å²) in [4.78, 5) is 25.0. The Balaban J connectivity index is 1.30. The normalized spacial score (nSPS) is 10.4. The highest BCUT2D eigenvalue weighted by Gasteiger charge is 2.13. The molecule has 2 N–H and O–H groups in total. The van der Waals surface area contributed by atoms with Gasteiger partial charge in [0.05, 0.1) is 11.8 Å². The Bertz CT molecular complexity index is 1220. The summed E-state index contributed by atoms with van der Waals surface area (Å²) in [5.41, 5.74) is 1.88. The van der Waals surface area contributed by atoms with Crippen molar-refractivity contribution in [2.75, 3.05) is 18.5 Å². The van der Waals surface area contributed by atoms with Crippen LogP contribution in [0.2, 0.25) is 0 Å². The standard InChI is InChI=1S/C27H24N2O5/c30-26(23-12-4-5-13-24(23)34-17-16-32-22-10-2-1-3-11-22)28-19-20-8-6-9-21(18-20)29-27(31)25-14-7-15-33-25/h1-15,18H,16-17,19H2,(H,28,30)(H,29,31). The molecule has 0 atom stereocenters. The molecule has 0 spiro atoms. The van der Waals surface area contributed by atoms with Gasteiger partial charge >= 0.3 is 0 Å². The maximum atomic E-state index is 12.8. The van der Waals surface area contributed by atoms with E-state index in [1.165, 1.54) is 6.26 Å². The minimum absolute atomic E-state index is 0.226. The maximum Gasteiger partial charge on any atom is 0.291 e. The minimum Gasteiger partial charge on any atom is -0.490 e. The molecule has 0 saturated carbocycles. The highest BCUT2D eigenvalue weighted by molar-refractivity contribution is 6.02. The van der Waals surface area contributed by atoms with Crippen LogP contribution >= 0.6 is 0 Å². The SMILES string of the molecule is O=C(Nc1cccc(CNC(=O)c2ccccc2OCCOc2ccccc2)c1)c1ccco1. The highest BCUT2D eigenvalue weighted by Crippen LogP contribution is 2.19. The summed E-state index contributed by atoms with van der Waals surface area (Å²) in [6.45, 7) is 0.946. The number of amides is 2. The van der Waals surface area contributed by atoms with E-state index in [9.17, 15) is 9.59 Å². The van der Waals surface area contributed by atoms with E-state index in [4.69, 9.17) is 13.9 Å². The quantitative estimate of drug-likeness (QED) is 0.331. The van der Waals surface area contributed by atoms with E-state index >= 15 is 0 Å². The third-order valence-electron chi connectivity index (χ3n) is 4.87. The number of carbonyl (C=O) groups excluding carboxylic acids is 2. The topological polar surface area (TPSA) is 89.8 Å². The number of hydrogen-bond donors (Lipinski definition) is 2. The molecule has 7 nitrogen and oxygen atoms in total. The summed E-state index contributed by atoms with van der Waals surface area (Å²) in [5, 5.41) is 5.67. The van der Waals surface area contributed by atoms with Crippen LogP contribution in [-0.4, -0.2) is 25.0 Å². The predicted octanol–water partition coefficient (Wildman–Crippen LogP) is 4.92. The molecule has 4 rings (SSSR count). The van der Waals surface area contributed by atoms with Crippen LogP contribution in [0.15, 0.2) is 102 Å². The van der Waals surface area contributed by atoms with Gasteiger partial charge in [-0.1, -0.05) is 42.5 Å². The Hall–Kier alpha value is -4.52. The number of benzene rings is 3. The largest absolute Gasteiger partial charge is 0.490 e. The number of para-hydroxylation sites is 2. The smallest absolute Gasteiger partial charge is 0.291 e. The number of carbonyl (C=O) groups is 2. The number of rotatable bonds is 10. The van der Waals surface area contributed by atoms with Gasteiger partial charge in [0.15, 0.2) is 5.76 Å². The molecular formula is C27H24N2O5. The van der Waals surface area contributed by atoms with Gasteiger partial charge in [-0.25, -0.2) is 0 Å².